The molecule has 4 unspecified atom stereocenters. The Bertz CT molecular complexity index is 4150. The molecule has 0 aliphatic heterocycles. The van der Waals surface area contributed by atoms with Crippen LogP contribution in [0.1, 0.15) is 218 Å². The number of nitrogens with one attached hydrogen (secondary N) is 4. The number of aromatic carboxylic acids is 2. The van der Waals surface area contributed by atoms with Crippen molar-refractivity contribution in [1.29, 1.82) is 0 Å². The number of hydrogen-bond donors (Lipinski definition) is 6. The fraction of sp³-hybridized carbons (Fsp3) is 0.494. The second-order valence-corrected chi connectivity index (χ2v) is 28.7. The van der Waals surface area contributed by atoms with Crippen molar-refractivity contribution in [3.8, 4) is 0 Å². The number of carbonyl (C=O) groups is 13. The zero-order valence-electron chi connectivity index (χ0n) is 68.7. The van der Waals surface area contributed by atoms with Crippen molar-refractivity contribution in [2.75, 3.05) is 70.0 Å². The lowest BCUT2D eigenvalue weighted by atomic mass is 9.91. The number of esters is 8. The first-order chi connectivity index (χ1) is 53.6. The first-order valence-corrected chi connectivity index (χ1v) is 38.1. The summed E-state index contributed by atoms with van der Waals surface area (Å²) in [5.74, 6) is -5.88. The number of carbonyl (C=O) groups excluding carboxylic acids is 11. The van der Waals surface area contributed by atoms with Crippen molar-refractivity contribution >= 4 is 121 Å². The van der Waals surface area contributed by atoms with Crippen LogP contribution in [0.5, 0.6) is 0 Å². The number of fused-ring (bicyclic) bond motifs is 2. The summed E-state index contributed by atoms with van der Waals surface area (Å²) in [7, 11) is 0. The molecule has 0 saturated carbocycles. The van der Waals surface area contributed by atoms with Gasteiger partial charge in [0, 0.05) is 23.5 Å². The Morgan fingerprint density at radius 1 is 0.526 bits per heavy atom. The van der Waals surface area contributed by atoms with Crippen LogP contribution in [-0.2, 0) is 81.0 Å². The van der Waals surface area contributed by atoms with Gasteiger partial charge in [-0.3, -0.25) is 34.1 Å². The van der Waals surface area contributed by atoms with E-state index in [9.17, 15) is 62.3 Å². The summed E-state index contributed by atoms with van der Waals surface area (Å²) < 4.78 is 45.4. The van der Waals surface area contributed by atoms with Crippen LogP contribution in [0.4, 0.5) is 15.9 Å². The summed E-state index contributed by atoms with van der Waals surface area (Å²) in [4.78, 5) is 160. The minimum Gasteiger partial charge on any atom is -0.478 e. The van der Waals surface area contributed by atoms with Gasteiger partial charge in [0.1, 0.15) is 59.0 Å². The third-order valence-corrected chi connectivity index (χ3v) is 18.1. The molecule has 31 heteroatoms. The number of rotatable bonds is 35. The van der Waals surface area contributed by atoms with Gasteiger partial charge in [-0.15, -0.1) is 0 Å². The standard InChI is InChI=1S/2C16H20O6.C14H23NO6.C13H16N2OS.C12H15N3O.C12H20O4.2CH4/c1-4-16(2,3)15(20)22-10-9-21-14(19)12-8-6-5-7-11(12)13(17)18;1-4-10(2)15(19)21-9-11(3)22-16(20)13-8-6-5-7-12(13)14(17)18;1-5-11(16)19-8-7-15-13(18)21-10-9-20-12(17)14(3,4)6-2;1-4-9(3)12(16)15-13-14-10-7-8(2)5-6-11(10)17-13;1-3-8(2)11(16)15-12-13-9-6-4-5-7-10(9)14-12;1-6-12(4,5)11(14)16-8-7-15-10(13)9(2)3;;/h5-8H,4,9-10H2,1-3H3,(H,17,18);5-8,10-11H,4,9H2,1-3H3,(H,17,18);5H,1,6-10H2,2-4H3,(H,15,18);5-7,9H,4H2,1-3H3,(H,14,15,16);4-8H,3H2,1-2H3,(H2,13,14,15,16);2,6-8H2,1,3-5H3;2*1H4. The first kappa shape index (κ1) is 107. The van der Waals surface area contributed by atoms with Crippen molar-refractivity contribution in [2.45, 2.75) is 184 Å². The average molecular weight is 1640 g/mol. The first-order valence-electron chi connectivity index (χ1n) is 37.3. The molecule has 0 aliphatic rings. The predicted octanol–water partition coefficient (Wildman–Crippen LogP) is 16.0. The van der Waals surface area contributed by atoms with E-state index in [0.29, 0.717) is 42.3 Å². The number of carboxylic acids is 2. The lowest BCUT2D eigenvalue weighted by Gasteiger charge is -2.20. The SMILES string of the molecule is C.C.C=C(C)C(=O)OCCOC(=O)C(C)(C)CC.C=CC(=O)OCCNC(=O)OCCOC(=O)C(C)(C)CC.CCC(C)(C)C(=O)OCCOC(=O)c1ccccc1C(=O)O.CCC(C)C(=O)Nc1nc2cc(C)ccc2s1.CCC(C)C(=O)Nc1nc2ccccc2[nH]1.CCC(C)C(=O)OCC(C)OC(=O)c1ccccc1C(=O)O. The molecule has 0 radical (unpaired) electrons. The summed E-state index contributed by atoms with van der Waals surface area (Å²) in [6.07, 6.45) is 4.04. The largest absolute Gasteiger partial charge is 0.478 e. The van der Waals surface area contributed by atoms with Gasteiger partial charge in [0.15, 0.2) is 5.13 Å². The molecule has 116 heavy (non-hydrogen) atoms. The molecule has 0 spiro atoms. The van der Waals surface area contributed by atoms with E-state index in [4.69, 9.17) is 48.1 Å². The maximum atomic E-state index is 12.0. The van der Waals surface area contributed by atoms with Crippen LogP contribution in [0.2, 0.25) is 0 Å². The van der Waals surface area contributed by atoms with Gasteiger partial charge in [-0.1, -0.05) is 144 Å². The van der Waals surface area contributed by atoms with E-state index in [-0.39, 0.29) is 150 Å². The molecular formula is C85H122N6O24S. The van der Waals surface area contributed by atoms with E-state index in [2.05, 4.69) is 54.9 Å². The summed E-state index contributed by atoms with van der Waals surface area (Å²) in [6.45, 7) is 39.7. The molecule has 6 N–H and O–H groups in total. The fourth-order valence-electron chi connectivity index (χ4n) is 7.87. The van der Waals surface area contributed by atoms with E-state index in [0.717, 1.165) is 40.2 Å². The number of aryl methyl sites for hydroxylation is 1. The van der Waals surface area contributed by atoms with Crippen molar-refractivity contribution in [3.63, 3.8) is 0 Å². The minimum atomic E-state index is -1.21. The Labute approximate surface area is 685 Å². The Morgan fingerprint density at radius 3 is 1.42 bits per heavy atom. The van der Waals surface area contributed by atoms with Crippen LogP contribution in [0.3, 0.4) is 0 Å². The Hall–Kier alpha value is -11.4. The molecule has 2 aromatic heterocycles. The number of para-hydroxylation sites is 2. The van der Waals surface area contributed by atoms with Crippen LogP contribution in [0, 0.1) is 40.9 Å². The number of imidazole rings is 1. The number of anilines is 2. The lowest BCUT2D eigenvalue weighted by molar-refractivity contribution is -0.158. The van der Waals surface area contributed by atoms with Gasteiger partial charge < -0.3 is 68.5 Å². The monoisotopic (exact) mass is 1640 g/mol. The average Bonchev–Trinajstić information content (AvgIpc) is 1.61. The van der Waals surface area contributed by atoms with Crippen molar-refractivity contribution in [1.82, 2.24) is 20.3 Å². The molecular weight excluding hydrogens is 1520 g/mol. The highest BCUT2D eigenvalue weighted by atomic mass is 32.1. The van der Waals surface area contributed by atoms with E-state index >= 15 is 0 Å². The molecule has 3 amide bonds. The van der Waals surface area contributed by atoms with Crippen molar-refractivity contribution in [3.05, 3.63) is 144 Å². The quantitative estimate of drug-likeness (QED) is 0.00931. The van der Waals surface area contributed by atoms with Crippen LogP contribution in [0.25, 0.3) is 21.3 Å². The van der Waals surface area contributed by atoms with E-state index in [1.807, 2.05) is 113 Å². The van der Waals surface area contributed by atoms with Crippen LogP contribution in [0.15, 0.2) is 116 Å². The third kappa shape index (κ3) is 40.1. The normalized spacial score (nSPS) is 11.5. The molecule has 6 aromatic rings. The molecule has 0 fully saturated rings. The highest BCUT2D eigenvalue weighted by molar-refractivity contribution is 7.22. The van der Waals surface area contributed by atoms with Gasteiger partial charge in [0.05, 0.1) is 72.2 Å². The van der Waals surface area contributed by atoms with Crippen LogP contribution >= 0.6 is 11.3 Å². The molecule has 0 saturated heterocycles. The smallest absolute Gasteiger partial charge is 0.407 e. The number of carboxylic acid groups (broad SMARTS) is 2. The highest BCUT2D eigenvalue weighted by Gasteiger charge is 2.30. The number of hydrogen-bond acceptors (Lipinski definition) is 25. The molecule has 0 aliphatic carbocycles. The fourth-order valence-corrected chi connectivity index (χ4v) is 8.72. The number of ether oxygens (including phenoxy) is 9. The molecule has 2 heterocycles. The van der Waals surface area contributed by atoms with Crippen molar-refractivity contribution in [2.24, 2.45) is 34.0 Å². The number of aromatic nitrogens is 3. The van der Waals surface area contributed by atoms with Gasteiger partial charge in [-0.05, 0) is 155 Å². The van der Waals surface area contributed by atoms with E-state index < -0.39 is 64.3 Å². The maximum Gasteiger partial charge on any atom is 0.407 e. The van der Waals surface area contributed by atoms with Gasteiger partial charge >= 0.3 is 65.8 Å². The van der Waals surface area contributed by atoms with E-state index in [1.54, 1.807) is 60.6 Å². The molecule has 4 atom stereocenters. The lowest BCUT2D eigenvalue weighted by Crippen LogP contribution is -2.31. The topological polar surface area (TPSA) is 423 Å². The molecule has 0 bridgehead atoms. The minimum absolute atomic E-state index is 0. The van der Waals surface area contributed by atoms with Gasteiger partial charge in [0.2, 0.25) is 17.8 Å². The van der Waals surface area contributed by atoms with Gasteiger partial charge in [0.25, 0.3) is 0 Å². The molecule has 4 aromatic carbocycles. The number of aromatic amines is 1. The van der Waals surface area contributed by atoms with E-state index in [1.165, 1.54) is 53.3 Å². The second kappa shape index (κ2) is 55.2. The van der Waals surface area contributed by atoms with Crippen molar-refractivity contribution < 1.29 is 115 Å². The maximum absolute atomic E-state index is 12.0. The van der Waals surface area contributed by atoms with Gasteiger partial charge in [-0.2, -0.15) is 0 Å². The molecule has 30 nitrogen and oxygen atoms in total. The number of thiazole rings is 1. The highest BCUT2D eigenvalue weighted by Crippen LogP contribution is 2.28. The summed E-state index contributed by atoms with van der Waals surface area (Å²) in [6, 6.07) is 25.4. The Balaban J connectivity index is 0. The third-order valence-electron chi connectivity index (χ3n) is 17.2. The summed E-state index contributed by atoms with van der Waals surface area (Å²) in [5, 5.41) is 26.7. The molecule has 642 valence electrons. The summed E-state index contributed by atoms with van der Waals surface area (Å²) >= 11 is 1.52. The second-order valence-electron chi connectivity index (χ2n) is 27.7. The Morgan fingerprint density at radius 2 is 0.966 bits per heavy atom. The van der Waals surface area contributed by atoms with Crippen LogP contribution in [-0.4, -0.2) is 168 Å². The number of nitrogens with zero attached hydrogens (tertiary/aromatic N) is 2. The summed E-state index contributed by atoms with van der Waals surface area (Å²) in [5.41, 5.74) is 2.33. The molecule has 6 rings (SSSR count). The number of benzene rings is 4. The predicted molar refractivity (Wildman–Crippen MR) is 444 cm³/mol. The Kier molecular flexibility index (Phi) is 50.8. The number of alkyl carbamates (subject to hydrolysis) is 1. The zero-order valence-corrected chi connectivity index (χ0v) is 69.6. The number of amides is 3. The number of H-pyrrole nitrogens is 1. The van der Waals surface area contributed by atoms with Gasteiger partial charge in [-0.25, -0.2) is 43.5 Å². The van der Waals surface area contributed by atoms with Crippen LogP contribution < -0.4 is 16.0 Å². The zero-order chi connectivity index (χ0) is 86.5.